The number of ether oxygens (including phenoxy) is 3. The van der Waals surface area contributed by atoms with Crippen LogP contribution in [0.1, 0.15) is 5.56 Å². The molecule has 0 aliphatic heterocycles. The van der Waals surface area contributed by atoms with Crippen LogP contribution in [-0.4, -0.2) is 19.0 Å². The van der Waals surface area contributed by atoms with E-state index in [1.165, 1.54) is 6.08 Å². The molecular weight excluding hydrogens is 380 g/mol. The predicted molar refractivity (Wildman–Crippen MR) is 115 cm³/mol. The molecule has 3 aromatic rings. The van der Waals surface area contributed by atoms with Crippen LogP contribution in [0.5, 0.6) is 17.2 Å². The van der Waals surface area contributed by atoms with Crippen molar-refractivity contribution in [3.63, 3.8) is 0 Å². The minimum absolute atomic E-state index is 0.442. The quantitative estimate of drug-likeness (QED) is 0.315. The standard InChI is InChI=1S/C25H20O5/c1-3-24(26)29-22-13-7-19(8-14-22)20-9-15-23(16-10-20)30-25(27)17-6-18-4-11-21(28-2)12-5-18/h3-17H,1H2,2H3/b17-6+. The highest BCUT2D eigenvalue weighted by molar-refractivity contribution is 5.88. The molecule has 0 N–H and O–H groups in total. The van der Waals surface area contributed by atoms with Crippen molar-refractivity contribution in [1.82, 2.24) is 0 Å². The number of carbonyl (C=O) groups excluding carboxylic acids is 2. The summed E-state index contributed by atoms with van der Waals surface area (Å²) >= 11 is 0. The molecule has 0 atom stereocenters. The highest BCUT2D eigenvalue weighted by Crippen LogP contribution is 2.25. The average molecular weight is 400 g/mol. The van der Waals surface area contributed by atoms with Gasteiger partial charge < -0.3 is 14.2 Å². The number of rotatable bonds is 7. The molecule has 0 bridgehead atoms. The third-order valence-electron chi connectivity index (χ3n) is 4.17. The molecule has 0 aliphatic rings. The van der Waals surface area contributed by atoms with Gasteiger partial charge in [0.25, 0.3) is 0 Å². The van der Waals surface area contributed by atoms with Gasteiger partial charge in [0.15, 0.2) is 0 Å². The molecule has 3 aromatic carbocycles. The average Bonchev–Trinajstić information content (AvgIpc) is 2.79. The number of benzene rings is 3. The van der Waals surface area contributed by atoms with Crippen LogP contribution >= 0.6 is 0 Å². The van der Waals surface area contributed by atoms with Gasteiger partial charge in [-0.1, -0.05) is 43.0 Å². The molecule has 5 heteroatoms. The molecule has 0 saturated heterocycles. The fourth-order valence-electron chi connectivity index (χ4n) is 2.62. The Morgan fingerprint density at radius 1 is 0.700 bits per heavy atom. The normalized spacial score (nSPS) is 10.4. The zero-order chi connectivity index (χ0) is 21.3. The molecule has 0 fully saturated rings. The molecule has 3 rings (SSSR count). The molecule has 0 amide bonds. The summed E-state index contributed by atoms with van der Waals surface area (Å²) in [5.41, 5.74) is 2.74. The molecular formula is C25H20O5. The van der Waals surface area contributed by atoms with E-state index in [4.69, 9.17) is 14.2 Å². The number of hydrogen-bond acceptors (Lipinski definition) is 5. The second-order valence-corrected chi connectivity index (χ2v) is 6.20. The molecule has 0 spiro atoms. The van der Waals surface area contributed by atoms with Crippen LogP contribution in [0, 0.1) is 0 Å². The minimum atomic E-state index is -0.505. The third-order valence-corrected chi connectivity index (χ3v) is 4.17. The van der Waals surface area contributed by atoms with Gasteiger partial charge >= 0.3 is 11.9 Å². The van der Waals surface area contributed by atoms with E-state index in [0.29, 0.717) is 11.5 Å². The maximum Gasteiger partial charge on any atom is 0.336 e. The van der Waals surface area contributed by atoms with Gasteiger partial charge in [0, 0.05) is 12.2 Å². The lowest BCUT2D eigenvalue weighted by molar-refractivity contribution is -0.129. The van der Waals surface area contributed by atoms with E-state index >= 15 is 0 Å². The molecule has 0 saturated carbocycles. The molecule has 0 radical (unpaired) electrons. The topological polar surface area (TPSA) is 61.8 Å². The lowest BCUT2D eigenvalue weighted by Crippen LogP contribution is -2.03. The van der Waals surface area contributed by atoms with Crippen molar-refractivity contribution in [2.75, 3.05) is 7.11 Å². The molecule has 150 valence electrons. The zero-order valence-electron chi connectivity index (χ0n) is 16.4. The lowest BCUT2D eigenvalue weighted by Gasteiger charge is -2.06. The molecule has 30 heavy (non-hydrogen) atoms. The van der Waals surface area contributed by atoms with Crippen molar-refractivity contribution in [1.29, 1.82) is 0 Å². The second-order valence-electron chi connectivity index (χ2n) is 6.20. The van der Waals surface area contributed by atoms with Gasteiger partial charge in [-0.25, -0.2) is 9.59 Å². The lowest BCUT2D eigenvalue weighted by atomic mass is 10.1. The van der Waals surface area contributed by atoms with E-state index in [9.17, 15) is 9.59 Å². The van der Waals surface area contributed by atoms with E-state index < -0.39 is 11.9 Å². The Morgan fingerprint density at radius 3 is 1.63 bits per heavy atom. The first-order valence-electron chi connectivity index (χ1n) is 9.16. The largest absolute Gasteiger partial charge is 0.497 e. The fraction of sp³-hybridized carbons (Fsp3) is 0.0400. The van der Waals surface area contributed by atoms with Crippen LogP contribution in [0.4, 0.5) is 0 Å². The highest BCUT2D eigenvalue weighted by Gasteiger charge is 2.04. The predicted octanol–water partition coefficient (Wildman–Crippen LogP) is 5.07. The Labute approximate surface area is 174 Å². The van der Waals surface area contributed by atoms with Crippen molar-refractivity contribution in [2.24, 2.45) is 0 Å². The zero-order valence-corrected chi connectivity index (χ0v) is 16.4. The minimum Gasteiger partial charge on any atom is -0.497 e. The molecule has 0 heterocycles. The Bertz CT molecular complexity index is 1050. The van der Waals surface area contributed by atoms with E-state index in [-0.39, 0.29) is 0 Å². The fourth-order valence-corrected chi connectivity index (χ4v) is 2.62. The molecule has 0 aliphatic carbocycles. The van der Waals surface area contributed by atoms with Crippen LogP contribution in [-0.2, 0) is 9.59 Å². The first-order chi connectivity index (χ1) is 14.6. The molecule has 0 aromatic heterocycles. The first kappa shape index (κ1) is 20.6. The van der Waals surface area contributed by atoms with Gasteiger partial charge in [0.2, 0.25) is 0 Å². The second kappa shape index (κ2) is 9.89. The Kier molecular flexibility index (Phi) is 6.79. The maximum absolute atomic E-state index is 12.0. The van der Waals surface area contributed by atoms with Crippen LogP contribution in [0.2, 0.25) is 0 Å². The van der Waals surface area contributed by atoms with Crippen molar-refractivity contribution in [3.05, 3.63) is 97.1 Å². The van der Waals surface area contributed by atoms with Crippen LogP contribution < -0.4 is 14.2 Å². The van der Waals surface area contributed by atoms with Crippen LogP contribution in [0.3, 0.4) is 0 Å². The SMILES string of the molecule is C=CC(=O)Oc1ccc(-c2ccc(OC(=O)/C=C/c3ccc(OC)cc3)cc2)cc1. The Morgan fingerprint density at radius 2 is 1.17 bits per heavy atom. The summed E-state index contributed by atoms with van der Waals surface area (Å²) in [4.78, 5) is 23.3. The Balaban J connectivity index is 1.59. The third kappa shape index (κ3) is 5.69. The summed E-state index contributed by atoms with van der Waals surface area (Å²) in [5.74, 6) is 0.668. The van der Waals surface area contributed by atoms with Gasteiger partial charge in [-0.05, 0) is 59.2 Å². The summed E-state index contributed by atoms with van der Waals surface area (Å²) in [6.07, 6.45) is 4.16. The van der Waals surface area contributed by atoms with Crippen molar-refractivity contribution >= 4 is 18.0 Å². The van der Waals surface area contributed by atoms with E-state index in [1.807, 2.05) is 48.5 Å². The molecule has 0 unspecified atom stereocenters. The number of hydrogen-bond donors (Lipinski definition) is 0. The summed E-state index contributed by atoms with van der Waals surface area (Å²) in [5, 5.41) is 0. The summed E-state index contributed by atoms with van der Waals surface area (Å²) < 4.78 is 15.5. The monoisotopic (exact) mass is 400 g/mol. The van der Waals surface area contributed by atoms with Gasteiger partial charge in [-0.2, -0.15) is 0 Å². The number of carbonyl (C=O) groups is 2. The number of esters is 2. The van der Waals surface area contributed by atoms with E-state index in [0.717, 1.165) is 28.5 Å². The smallest absolute Gasteiger partial charge is 0.336 e. The highest BCUT2D eigenvalue weighted by atomic mass is 16.5. The van der Waals surface area contributed by atoms with Gasteiger partial charge in [0.1, 0.15) is 17.2 Å². The first-order valence-corrected chi connectivity index (χ1v) is 9.16. The van der Waals surface area contributed by atoms with Gasteiger partial charge in [0.05, 0.1) is 7.11 Å². The number of methoxy groups -OCH3 is 1. The van der Waals surface area contributed by atoms with Gasteiger partial charge in [-0.15, -0.1) is 0 Å². The van der Waals surface area contributed by atoms with Crippen molar-refractivity contribution < 1.29 is 23.8 Å². The van der Waals surface area contributed by atoms with E-state index in [2.05, 4.69) is 6.58 Å². The summed E-state index contributed by atoms with van der Waals surface area (Å²) in [6.45, 7) is 3.36. The Hall–Kier alpha value is -4.12. The summed E-state index contributed by atoms with van der Waals surface area (Å²) in [7, 11) is 1.60. The van der Waals surface area contributed by atoms with Crippen molar-refractivity contribution in [3.8, 4) is 28.4 Å². The van der Waals surface area contributed by atoms with Crippen LogP contribution in [0.15, 0.2) is 91.5 Å². The maximum atomic E-state index is 12.0. The van der Waals surface area contributed by atoms with E-state index in [1.54, 1.807) is 37.5 Å². The van der Waals surface area contributed by atoms with Gasteiger partial charge in [-0.3, -0.25) is 0 Å². The van der Waals surface area contributed by atoms with Crippen molar-refractivity contribution in [2.45, 2.75) is 0 Å². The molecule has 5 nitrogen and oxygen atoms in total. The van der Waals surface area contributed by atoms with Crippen LogP contribution in [0.25, 0.3) is 17.2 Å². The summed E-state index contributed by atoms with van der Waals surface area (Å²) in [6, 6.07) is 21.6.